The number of hydrogen-bond acceptors (Lipinski definition) is 1. The molecule has 0 fully saturated rings. The van der Waals surface area contributed by atoms with Crippen molar-refractivity contribution in [2.24, 2.45) is 0 Å². The molecule has 220 valence electrons. The van der Waals surface area contributed by atoms with E-state index >= 15 is 0 Å². The SMILES string of the molecule is [2H]c1c([2H])c([2H])c(-c2c3c([2H])c([2H])c([2H])c([2H])c3c(-c3c(-c4ccc(-c5ccccc5)cc4)oc4cc(-c5ccccc5)ccc34)c3c([2H])c([2H])c([2H])c([2H])c23)c([2H])c1[2H]. The highest BCUT2D eigenvalue weighted by atomic mass is 16.3. The molecule has 0 aliphatic rings. The summed E-state index contributed by atoms with van der Waals surface area (Å²) in [4.78, 5) is 0. The highest BCUT2D eigenvalue weighted by Crippen LogP contribution is 2.50. The van der Waals surface area contributed by atoms with Gasteiger partial charge < -0.3 is 4.42 Å². The van der Waals surface area contributed by atoms with Crippen LogP contribution in [0.25, 0.3) is 88.3 Å². The largest absolute Gasteiger partial charge is 0.455 e. The lowest BCUT2D eigenvalue weighted by Crippen LogP contribution is -1.91. The highest BCUT2D eigenvalue weighted by Gasteiger charge is 2.24. The molecule has 47 heavy (non-hydrogen) atoms. The van der Waals surface area contributed by atoms with Crippen molar-refractivity contribution in [3.63, 3.8) is 0 Å². The van der Waals surface area contributed by atoms with E-state index in [0.717, 1.165) is 22.3 Å². The van der Waals surface area contributed by atoms with Gasteiger partial charge in [0, 0.05) is 22.1 Å². The number of hydrogen-bond donors (Lipinski definition) is 0. The molecule has 0 aliphatic heterocycles. The van der Waals surface area contributed by atoms with Crippen molar-refractivity contribution in [3.05, 3.63) is 182 Å². The molecule has 1 heterocycles. The molecule has 1 aromatic heterocycles. The van der Waals surface area contributed by atoms with Gasteiger partial charge in [0.2, 0.25) is 0 Å². The first-order chi connectivity index (χ1) is 28.7. The third-order valence-corrected chi connectivity index (χ3v) is 8.43. The molecule has 1 nitrogen and oxygen atoms in total. The molecular formula is C46H30O. The Morgan fingerprint density at radius 2 is 0.809 bits per heavy atom. The van der Waals surface area contributed by atoms with Crippen molar-refractivity contribution < 1.29 is 22.2 Å². The summed E-state index contributed by atoms with van der Waals surface area (Å²) in [5.41, 5.74) is 3.98. The van der Waals surface area contributed by atoms with Crippen LogP contribution >= 0.6 is 0 Å². The molecule has 0 aliphatic carbocycles. The Bertz CT molecular complexity index is 3160. The van der Waals surface area contributed by atoms with Gasteiger partial charge in [-0.25, -0.2) is 0 Å². The van der Waals surface area contributed by atoms with Gasteiger partial charge in [-0.05, 0) is 67.1 Å². The Hall–Kier alpha value is -6.18. The van der Waals surface area contributed by atoms with Crippen LogP contribution in [0, 0.1) is 0 Å². The molecule has 0 radical (unpaired) electrons. The van der Waals surface area contributed by atoms with E-state index in [4.69, 9.17) is 16.8 Å². The predicted molar refractivity (Wildman–Crippen MR) is 198 cm³/mol. The van der Waals surface area contributed by atoms with Crippen LogP contribution in [0.5, 0.6) is 0 Å². The standard InChI is InChI=1S/C46H30O/c1-4-14-31(15-5-1)33-24-26-35(27-25-33)46-45(41-29-28-36(30-42(41)47-46)32-16-6-2-7-17-32)44-39-22-12-10-20-37(39)43(34-18-8-3-9-19-34)38-21-11-13-23-40(38)44/h1-30H/i3D,8D,9D,10D,11D,12D,13D,18D,19D,20D,21D,22D,23D. The van der Waals surface area contributed by atoms with Gasteiger partial charge in [0.15, 0.2) is 0 Å². The van der Waals surface area contributed by atoms with E-state index in [2.05, 4.69) is 0 Å². The Morgan fingerprint density at radius 3 is 1.40 bits per heavy atom. The highest BCUT2D eigenvalue weighted by molar-refractivity contribution is 6.25. The number of fused-ring (bicyclic) bond motifs is 3. The monoisotopic (exact) mass is 611 g/mol. The van der Waals surface area contributed by atoms with E-state index in [9.17, 15) is 5.48 Å². The number of rotatable bonds is 5. The van der Waals surface area contributed by atoms with Crippen molar-refractivity contribution in [2.75, 3.05) is 0 Å². The quantitative estimate of drug-likeness (QED) is 0.176. The molecule has 0 unspecified atom stereocenters. The molecule has 0 atom stereocenters. The van der Waals surface area contributed by atoms with Gasteiger partial charge in [0.05, 0.1) is 17.8 Å². The lowest BCUT2D eigenvalue weighted by molar-refractivity contribution is 0.632. The first-order valence-electron chi connectivity index (χ1n) is 21.5. The van der Waals surface area contributed by atoms with Crippen molar-refractivity contribution in [2.45, 2.75) is 0 Å². The summed E-state index contributed by atoms with van der Waals surface area (Å²) in [6.45, 7) is 0. The van der Waals surface area contributed by atoms with Gasteiger partial charge in [0.25, 0.3) is 0 Å². The first-order valence-corrected chi connectivity index (χ1v) is 15.0. The van der Waals surface area contributed by atoms with E-state index in [1.807, 2.05) is 97.1 Å². The average molecular weight is 612 g/mol. The topological polar surface area (TPSA) is 13.1 Å². The van der Waals surface area contributed by atoms with E-state index in [1.165, 1.54) is 0 Å². The Kier molecular flexibility index (Phi) is 4.08. The minimum atomic E-state index is -0.727. The predicted octanol–water partition coefficient (Wildman–Crippen LogP) is 13.1. The van der Waals surface area contributed by atoms with Gasteiger partial charge >= 0.3 is 0 Å². The van der Waals surface area contributed by atoms with E-state index < -0.39 is 84.1 Å². The van der Waals surface area contributed by atoms with Crippen LogP contribution in [0.4, 0.5) is 0 Å². The van der Waals surface area contributed by atoms with Crippen molar-refractivity contribution in [3.8, 4) is 55.8 Å². The van der Waals surface area contributed by atoms with Gasteiger partial charge in [-0.2, -0.15) is 0 Å². The molecule has 0 spiro atoms. The Morgan fingerprint density at radius 1 is 0.340 bits per heavy atom. The second-order valence-electron chi connectivity index (χ2n) is 11.1. The van der Waals surface area contributed by atoms with E-state index in [0.29, 0.717) is 16.5 Å². The lowest BCUT2D eigenvalue weighted by Gasteiger charge is -2.18. The zero-order valence-electron chi connectivity index (χ0n) is 37.7. The second-order valence-corrected chi connectivity index (χ2v) is 11.1. The maximum atomic E-state index is 9.49. The minimum Gasteiger partial charge on any atom is -0.455 e. The number of furan rings is 1. The van der Waals surface area contributed by atoms with E-state index in [1.54, 1.807) is 6.07 Å². The van der Waals surface area contributed by atoms with Crippen LogP contribution in [0.1, 0.15) is 17.8 Å². The molecule has 0 N–H and O–H groups in total. The van der Waals surface area contributed by atoms with Crippen molar-refractivity contribution >= 4 is 32.5 Å². The van der Waals surface area contributed by atoms with Gasteiger partial charge in [-0.15, -0.1) is 0 Å². The van der Waals surface area contributed by atoms with Gasteiger partial charge in [-0.1, -0.05) is 170 Å². The molecule has 9 rings (SSSR count). The molecular weight excluding hydrogens is 569 g/mol. The van der Waals surface area contributed by atoms with Crippen LogP contribution in [-0.2, 0) is 0 Å². The van der Waals surface area contributed by atoms with Crippen LogP contribution in [-0.4, -0.2) is 0 Å². The van der Waals surface area contributed by atoms with Crippen LogP contribution < -0.4 is 0 Å². The molecule has 9 aromatic rings. The van der Waals surface area contributed by atoms with Gasteiger partial charge in [0.1, 0.15) is 11.3 Å². The summed E-state index contributed by atoms with van der Waals surface area (Å²) in [7, 11) is 0. The summed E-state index contributed by atoms with van der Waals surface area (Å²) in [5.74, 6) is 0.243. The molecule has 0 saturated carbocycles. The average Bonchev–Trinajstić information content (AvgIpc) is 3.66. The van der Waals surface area contributed by atoms with E-state index in [-0.39, 0.29) is 44.0 Å². The summed E-state index contributed by atoms with van der Waals surface area (Å²) < 4.78 is 123. The molecule has 0 amide bonds. The molecule has 8 aromatic carbocycles. The molecule has 0 saturated heterocycles. The fourth-order valence-corrected chi connectivity index (χ4v) is 6.30. The molecule has 0 bridgehead atoms. The first kappa shape index (κ1) is 16.9. The van der Waals surface area contributed by atoms with Crippen LogP contribution in [0.2, 0.25) is 0 Å². The van der Waals surface area contributed by atoms with Crippen molar-refractivity contribution in [1.29, 1.82) is 0 Å². The minimum absolute atomic E-state index is 0.00321. The fourth-order valence-electron chi connectivity index (χ4n) is 6.30. The van der Waals surface area contributed by atoms with Crippen molar-refractivity contribution in [1.82, 2.24) is 0 Å². The summed E-state index contributed by atoms with van der Waals surface area (Å²) in [5, 5.41) is -0.468. The zero-order valence-corrected chi connectivity index (χ0v) is 24.7. The third-order valence-electron chi connectivity index (χ3n) is 8.43. The van der Waals surface area contributed by atoms with Gasteiger partial charge in [-0.3, -0.25) is 0 Å². The lowest BCUT2D eigenvalue weighted by atomic mass is 9.84. The summed E-state index contributed by atoms with van der Waals surface area (Å²) in [6.07, 6.45) is 0. The smallest absolute Gasteiger partial charge is 0.143 e. The summed E-state index contributed by atoms with van der Waals surface area (Å²) >= 11 is 0. The number of benzene rings is 8. The maximum absolute atomic E-state index is 9.49. The van der Waals surface area contributed by atoms with Crippen LogP contribution in [0.3, 0.4) is 0 Å². The fraction of sp³-hybridized carbons (Fsp3) is 0. The second kappa shape index (κ2) is 11.3. The normalized spacial score (nSPS) is 15.3. The zero-order chi connectivity index (χ0) is 42.5. The van der Waals surface area contributed by atoms with Crippen LogP contribution in [0.15, 0.2) is 186 Å². The third kappa shape index (κ3) is 4.64. The Balaban J connectivity index is 1.53. The molecule has 1 heteroatoms. The maximum Gasteiger partial charge on any atom is 0.143 e. The Labute approximate surface area is 292 Å². The summed E-state index contributed by atoms with van der Waals surface area (Å²) in [6, 6.07) is 23.7.